The summed E-state index contributed by atoms with van der Waals surface area (Å²) in [7, 11) is 8.18. The number of benzene rings is 2. The lowest BCUT2D eigenvalue weighted by Crippen LogP contribution is -2.37. The second-order valence-corrected chi connectivity index (χ2v) is 6.29. The Balaban J connectivity index is 2.36. The molecule has 0 saturated heterocycles. The van der Waals surface area contributed by atoms with Gasteiger partial charge in [0.05, 0.1) is 0 Å². The van der Waals surface area contributed by atoms with Crippen LogP contribution in [0.4, 0.5) is 11.4 Å². The molecule has 0 saturated carbocycles. The average Bonchev–Trinajstić information content (AvgIpc) is 2.53. The molecule has 0 unspecified atom stereocenters. The van der Waals surface area contributed by atoms with Gasteiger partial charge >= 0.3 is 0 Å². The lowest BCUT2D eigenvalue weighted by Gasteiger charge is -2.15. The fourth-order valence-electron chi connectivity index (χ4n) is 2.97. The second kappa shape index (κ2) is 6.05. The summed E-state index contributed by atoms with van der Waals surface area (Å²) in [5.74, 6) is 0. The van der Waals surface area contributed by atoms with Gasteiger partial charge in [-0.1, -0.05) is 0 Å². The molecule has 0 atom stereocenters. The highest BCUT2D eigenvalue weighted by Crippen LogP contribution is 2.25. The molecular formula is C19H24N3O+. The van der Waals surface area contributed by atoms with Crippen molar-refractivity contribution in [3.05, 3.63) is 42.5 Å². The lowest BCUT2D eigenvalue weighted by atomic mass is 10.1. The highest BCUT2D eigenvalue weighted by atomic mass is 16.3. The van der Waals surface area contributed by atoms with E-state index < -0.39 is 0 Å². The lowest BCUT2D eigenvalue weighted by molar-refractivity contribution is -0.646. The maximum atomic E-state index is 9.55. The molecule has 0 spiro atoms. The largest absolute Gasteiger partial charge is 0.390 e. The van der Waals surface area contributed by atoms with E-state index >= 15 is 0 Å². The van der Waals surface area contributed by atoms with Gasteiger partial charge in [0.15, 0.2) is 6.54 Å². The number of fused-ring (bicyclic) bond motifs is 2. The monoisotopic (exact) mass is 310 g/mol. The maximum Gasteiger partial charge on any atom is 0.215 e. The zero-order chi connectivity index (χ0) is 16.6. The van der Waals surface area contributed by atoms with Crippen molar-refractivity contribution in [2.24, 2.45) is 0 Å². The maximum absolute atomic E-state index is 9.55. The fraction of sp³-hybridized carbons (Fsp3) is 0.316. The van der Waals surface area contributed by atoms with Crippen LogP contribution < -0.4 is 14.4 Å². The van der Waals surface area contributed by atoms with Crippen molar-refractivity contribution in [1.29, 1.82) is 0 Å². The zero-order valence-corrected chi connectivity index (χ0v) is 14.2. The molecule has 2 aromatic carbocycles. The van der Waals surface area contributed by atoms with E-state index in [1.54, 1.807) is 0 Å². The van der Waals surface area contributed by atoms with E-state index in [4.69, 9.17) is 0 Å². The predicted octanol–water partition coefficient (Wildman–Crippen LogP) is 2.40. The molecule has 0 aliphatic heterocycles. The molecule has 0 radical (unpaired) electrons. The van der Waals surface area contributed by atoms with E-state index in [1.165, 1.54) is 10.8 Å². The van der Waals surface area contributed by atoms with E-state index in [-0.39, 0.29) is 6.61 Å². The summed E-state index contributed by atoms with van der Waals surface area (Å²) in [6.45, 7) is 0.707. The molecule has 23 heavy (non-hydrogen) atoms. The molecule has 120 valence electrons. The number of aliphatic hydroxyl groups is 1. The quantitative estimate of drug-likeness (QED) is 0.593. The van der Waals surface area contributed by atoms with Gasteiger partial charge in [-0.25, -0.2) is 0 Å². The highest BCUT2D eigenvalue weighted by Gasteiger charge is 2.17. The van der Waals surface area contributed by atoms with E-state index in [0.717, 1.165) is 22.4 Å². The minimum atomic E-state index is 0.122. The molecule has 4 nitrogen and oxygen atoms in total. The third-order valence-electron chi connectivity index (χ3n) is 4.28. The predicted molar refractivity (Wildman–Crippen MR) is 97.4 cm³/mol. The summed E-state index contributed by atoms with van der Waals surface area (Å²) in [5.41, 5.74) is 4.61. The third-order valence-corrected chi connectivity index (χ3v) is 4.28. The van der Waals surface area contributed by atoms with Crippen molar-refractivity contribution in [3.63, 3.8) is 0 Å². The molecule has 1 heterocycles. The van der Waals surface area contributed by atoms with E-state index in [9.17, 15) is 5.11 Å². The number of aliphatic hydroxyl groups excluding tert-OH is 1. The topological polar surface area (TPSA) is 30.6 Å². The van der Waals surface area contributed by atoms with Gasteiger partial charge in [-0.3, -0.25) is 0 Å². The van der Waals surface area contributed by atoms with Crippen LogP contribution in [0.5, 0.6) is 0 Å². The molecule has 4 heteroatoms. The number of aromatic nitrogens is 1. The molecule has 0 bridgehead atoms. The fourth-order valence-corrected chi connectivity index (χ4v) is 2.97. The Morgan fingerprint density at radius 1 is 0.783 bits per heavy atom. The van der Waals surface area contributed by atoms with Crippen molar-refractivity contribution in [2.75, 3.05) is 44.6 Å². The second-order valence-electron chi connectivity index (χ2n) is 6.29. The number of pyridine rings is 1. The van der Waals surface area contributed by atoms with Gasteiger partial charge < -0.3 is 14.9 Å². The molecule has 3 rings (SSSR count). The van der Waals surface area contributed by atoms with Crippen molar-refractivity contribution in [2.45, 2.75) is 6.54 Å². The van der Waals surface area contributed by atoms with Crippen LogP contribution in [-0.4, -0.2) is 39.9 Å². The van der Waals surface area contributed by atoms with Crippen LogP contribution in [0.2, 0.25) is 0 Å². The van der Waals surface area contributed by atoms with Gasteiger partial charge in [0, 0.05) is 62.5 Å². The van der Waals surface area contributed by atoms with Crippen LogP contribution in [0.1, 0.15) is 0 Å². The normalized spacial score (nSPS) is 11.2. The zero-order valence-electron chi connectivity index (χ0n) is 14.2. The van der Waals surface area contributed by atoms with Crippen molar-refractivity contribution < 1.29 is 9.67 Å². The Bertz CT molecular complexity index is 790. The summed E-state index contributed by atoms with van der Waals surface area (Å²) >= 11 is 0. The van der Waals surface area contributed by atoms with Gasteiger partial charge in [-0.05, 0) is 30.3 Å². The number of hydrogen-bond acceptors (Lipinski definition) is 3. The summed E-state index contributed by atoms with van der Waals surface area (Å²) < 4.78 is 2.21. The van der Waals surface area contributed by atoms with Crippen molar-refractivity contribution in [3.8, 4) is 0 Å². The van der Waals surface area contributed by atoms with Crippen LogP contribution >= 0.6 is 0 Å². The van der Waals surface area contributed by atoms with E-state index in [0.29, 0.717) is 6.54 Å². The molecule has 0 aliphatic rings. The minimum Gasteiger partial charge on any atom is -0.390 e. The average molecular weight is 310 g/mol. The molecule has 0 fully saturated rings. The van der Waals surface area contributed by atoms with Crippen molar-refractivity contribution in [1.82, 2.24) is 0 Å². The first-order chi connectivity index (χ1) is 11.0. The number of hydrogen-bond donors (Lipinski definition) is 1. The van der Waals surface area contributed by atoms with E-state index in [2.05, 4.69) is 56.8 Å². The molecule has 1 aromatic heterocycles. The summed E-state index contributed by atoms with van der Waals surface area (Å²) in [6, 6.07) is 15.2. The molecular weight excluding hydrogens is 286 g/mol. The Morgan fingerprint density at radius 3 is 1.65 bits per heavy atom. The SMILES string of the molecule is CN(C)c1ccc2cc3ccc(N(C)C)cc3[n+](CCO)c2c1. The minimum absolute atomic E-state index is 0.122. The van der Waals surface area contributed by atoms with Crippen molar-refractivity contribution >= 4 is 33.2 Å². The molecule has 0 amide bonds. The van der Waals surface area contributed by atoms with Gasteiger partial charge in [-0.15, -0.1) is 0 Å². The first-order valence-electron chi connectivity index (χ1n) is 7.87. The van der Waals surface area contributed by atoms with Gasteiger partial charge in [0.25, 0.3) is 0 Å². The Hall–Kier alpha value is -2.33. The van der Waals surface area contributed by atoms with Gasteiger partial charge in [0.1, 0.15) is 6.61 Å². The molecule has 1 N–H and O–H groups in total. The first kappa shape index (κ1) is 15.6. The van der Waals surface area contributed by atoms with Crippen LogP contribution in [0.3, 0.4) is 0 Å². The Kier molecular flexibility index (Phi) is 4.09. The highest BCUT2D eigenvalue weighted by molar-refractivity contribution is 5.91. The van der Waals surface area contributed by atoms with Gasteiger partial charge in [0.2, 0.25) is 11.0 Å². The Labute approximate surface area is 137 Å². The number of nitrogens with zero attached hydrogens (tertiary/aromatic N) is 3. The smallest absolute Gasteiger partial charge is 0.215 e. The molecule has 3 aromatic rings. The van der Waals surface area contributed by atoms with Crippen LogP contribution in [0.15, 0.2) is 42.5 Å². The summed E-state index contributed by atoms with van der Waals surface area (Å²) in [4.78, 5) is 4.20. The first-order valence-corrected chi connectivity index (χ1v) is 7.87. The molecule has 0 aliphatic carbocycles. The van der Waals surface area contributed by atoms with Crippen LogP contribution in [0, 0.1) is 0 Å². The van der Waals surface area contributed by atoms with Crippen LogP contribution in [-0.2, 0) is 6.54 Å². The van der Waals surface area contributed by atoms with Gasteiger partial charge in [-0.2, -0.15) is 4.57 Å². The Morgan fingerprint density at radius 2 is 1.26 bits per heavy atom. The number of rotatable bonds is 4. The summed E-state index contributed by atoms with van der Waals surface area (Å²) in [6.07, 6.45) is 0. The van der Waals surface area contributed by atoms with E-state index in [1.807, 2.05) is 28.2 Å². The third kappa shape index (κ3) is 2.82. The van der Waals surface area contributed by atoms with Crippen LogP contribution in [0.25, 0.3) is 21.8 Å². The summed E-state index contributed by atoms with van der Waals surface area (Å²) in [5, 5.41) is 11.9. The number of anilines is 2. The standard InChI is InChI=1S/C19H24N3O/c1-20(2)16-7-5-14-11-15-6-8-17(21(3)4)13-19(15)22(9-10-23)18(14)12-16/h5-8,11-13,23H,9-10H2,1-4H3/q+1.